The van der Waals surface area contributed by atoms with Crippen LogP contribution in [0.2, 0.25) is 5.02 Å². The van der Waals surface area contributed by atoms with E-state index in [1.54, 1.807) is 18.5 Å². The molecule has 2 rings (SSSR count). The second-order valence-electron chi connectivity index (χ2n) is 5.19. The lowest BCUT2D eigenvalue weighted by Gasteiger charge is -2.13. The third-order valence-corrected chi connectivity index (χ3v) is 3.69. The first-order chi connectivity index (χ1) is 10.9. The fourth-order valence-electron chi connectivity index (χ4n) is 1.88. The minimum absolute atomic E-state index is 0.0612. The molecular weight excluding hydrogens is 320 g/mol. The minimum Gasteiger partial charge on any atom is -0.366 e. The van der Waals surface area contributed by atoms with Gasteiger partial charge in [0.05, 0.1) is 22.7 Å². The van der Waals surface area contributed by atoms with E-state index >= 15 is 0 Å². The molecule has 0 heterocycles. The first kappa shape index (κ1) is 17.2. The van der Waals surface area contributed by atoms with Crippen molar-refractivity contribution < 1.29 is 8.78 Å². The highest BCUT2D eigenvalue weighted by Crippen LogP contribution is 2.33. The molecule has 23 heavy (non-hydrogen) atoms. The summed E-state index contributed by atoms with van der Waals surface area (Å²) in [5.74, 6) is -1.05. The van der Waals surface area contributed by atoms with Crippen LogP contribution in [0.4, 0.5) is 25.8 Å². The molecule has 2 aromatic carbocycles. The number of anilines is 2. The summed E-state index contributed by atoms with van der Waals surface area (Å²) in [6, 6.07) is 6.70. The zero-order chi connectivity index (χ0) is 17.0. The SMILES string of the molecule is CCN(C)C=Nc1cc(C)c(Nc2cc(F)ccc2F)cc1Cl. The summed E-state index contributed by atoms with van der Waals surface area (Å²) in [4.78, 5) is 6.24. The van der Waals surface area contributed by atoms with Crippen molar-refractivity contribution in [3.63, 3.8) is 0 Å². The van der Waals surface area contributed by atoms with Crippen molar-refractivity contribution in [3.8, 4) is 0 Å². The largest absolute Gasteiger partial charge is 0.366 e. The predicted octanol–water partition coefficient (Wildman–Crippen LogP) is 5.28. The highest BCUT2D eigenvalue weighted by atomic mass is 35.5. The predicted molar refractivity (Wildman–Crippen MR) is 92.3 cm³/mol. The van der Waals surface area contributed by atoms with Gasteiger partial charge in [0.1, 0.15) is 11.6 Å². The Morgan fingerprint density at radius 3 is 2.65 bits per heavy atom. The third-order valence-electron chi connectivity index (χ3n) is 3.38. The number of aliphatic imine (C=N–C) groups is 1. The highest BCUT2D eigenvalue weighted by molar-refractivity contribution is 6.33. The lowest BCUT2D eigenvalue weighted by atomic mass is 10.1. The van der Waals surface area contributed by atoms with Gasteiger partial charge < -0.3 is 10.2 Å². The molecule has 0 saturated carbocycles. The van der Waals surface area contributed by atoms with E-state index in [0.717, 1.165) is 30.3 Å². The number of halogens is 3. The van der Waals surface area contributed by atoms with Gasteiger partial charge in [-0.3, -0.25) is 0 Å². The number of rotatable bonds is 5. The Hall–Kier alpha value is -2.14. The average molecular weight is 338 g/mol. The van der Waals surface area contributed by atoms with E-state index in [9.17, 15) is 8.78 Å². The van der Waals surface area contributed by atoms with Crippen LogP contribution in [-0.2, 0) is 0 Å². The summed E-state index contributed by atoms with van der Waals surface area (Å²) in [5.41, 5.74) is 2.10. The molecule has 3 nitrogen and oxygen atoms in total. The van der Waals surface area contributed by atoms with Crippen molar-refractivity contribution in [1.82, 2.24) is 4.90 Å². The molecule has 0 unspecified atom stereocenters. The number of nitrogens with zero attached hydrogens (tertiary/aromatic N) is 2. The smallest absolute Gasteiger partial charge is 0.146 e. The lowest BCUT2D eigenvalue weighted by Crippen LogP contribution is -2.14. The Morgan fingerprint density at radius 2 is 1.96 bits per heavy atom. The Bertz CT molecular complexity index is 732. The van der Waals surface area contributed by atoms with Gasteiger partial charge in [0.15, 0.2) is 0 Å². The van der Waals surface area contributed by atoms with Gasteiger partial charge in [-0.25, -0.2) is 13.8 Å². The van der Waals surface area contributed by atoms with Crippen molar-refractivity contribution in [2.24, 2.45) is 4.99 Å². The average Bonchev–Trinajstić information content (AvgIpc) is 2.52. The number of benzene rings is 2. The molecule has 6 heteroatoms. The molecule has 0 saturated heterocycles. The molecule has 122 valence electrons. The summed E-state index contributed by atoms with van der Waals surface area (Å²) in [6.45, 7) is 4.69. The van der Waals surface area contributed by atoms with E-state index in [2.05, 4.69) is 10.3 Å². The lowest BCUT2D eigenvalue weighted by molar-refractivity contribution is 0.552. The summed E-state index contributed by atoms with van der Waals surface area (Å²) >= 11 is 6.23. The first-order valence-electron chi connectivity index (χ1n) is 7.17. The van der Waals surface area contributed by atoms with Gasteiger partial charge in [0, 0.05) is 25.3 Å². The Morgan fingerprint density at radius 1 is 1.22 bits per heavy atom. The van der Waals surface area contributed by atoms with Crippen molar-refractivity contribution in [2.75, 3.05) is 18.9 Å². The monoisotopic (exact) mass is 337 g/mol. The van der Waals surface area contributed by atoms with Crippen LogP contribution in [-0.4, -0.2) is 24.8 Å². The van der Waals surface area contributed by atoms with Gasteiger partial charge in [-0.05, 0) is 43.7 Å². The topological polar surface area (TPSA) is 27.6 Å². The van der Waals surface area contributed by atoms with Crippen LogP contribution in [0.25, 0.3) is 0 Å². The zero-order valence-electron chi connectivity index (χ0n) is 13.2. The molecule has 0 atom stereocenters. The molecule has 0 spiro atoms. The number of hydrogen-bond acceptors (Lipinski definition) is 2. The molecule has 0 aliphatic carbocycles. The van der Waals surface area contributed by atoms with Crippen molar-refractivity contribution in [2.45, 2.75) is 13.8 Å². The second kappa shape index (κ2) is 7.42. The zero-order valence-corrected chi connectivity index (χ0v) is 14.0. The van der Waals surface area contributed by atoms with Crippen molar-refractivity contribution in [3.05, 3.63) is 52.6 Å². The van der Waals surface area contributed by atoms with Crippen LogP contribution in [0, 0.1) is 18.6 Å². The normalized spacial score (nSPS) is 11.0. The second-order valence-corrected chi connectivity index (χ2v) is 5.59. The van der Waals surface area contributed by atoms with Crippen LogP contribution in [0.15, 0.2) is 35.3 Å². The fraction of sp³-hybridized carbons (Fsp3) is 0.235. The third kappa shape index (κ3) is 4.42. The van der Waals surface area contributed by atoms with Gasteiger partial charge in [0.25, 0.3) is 0 Å². The van der Waals surface area contributed by atoms with E-state index in [4.69, 9.17) is 11.6 Å². The van der Waals surface area contributed by atoms with Gasteiger partial charge >= 0.3 is 0 Å². The summed E-state index contributed by atoms with van der Waals surface area (Å²) in [5, 5.41) is 3.29. The number of aryl methyl sites for hydroxylation is 1. The molecule has 0 fully saturated rings. The standard InChI is InChI=1S/C17H18ClF2N3/c1-4-23(3)10-21-16-7-11(2)15(9-13(16)18)22-17-8-12(19)5-6-14(17)20/h5-10,22H,4H2,1-3H3. The number of nitrogens with one attached hydrogen (secondary N) is 1. The van der Waals surface area contributed by atoms with Crippen LogP contribution < -0.4 is 5.32 Å². The quantitative estimate of drug-likeness (QED) is 0.593. The number of hydrogen-bond donors (Lipinski definition) is 1. The van der Waals surface area contributed by atoms with Crippen molar-refractivity contribution in [1.29, 1.82) is 0 Å². The maximum absolute atomic E-state index is 13.7. The van der Waals surface area contributed by atoms with E-state index in [1.807, 2.05) is 25.8 Å². The molecular formula is C17H18ClF2N3. The van der Waals surface area contributed by atoms with Crippen LogP contribution in [0.5, 0.6) is 0 Å². The van der Waals surface area contributed by atoms with Gasteiger partial charge in [0.2, 0.25) is 0 Å². The first-order valence-corrected chi connectivity index (χ1v) is 7.55. The molecule has 1 N–H and O–H groups in total. The molecule has 0 aromatic heterocycles. The highest BCUT2D eigenvalue weighted by Gasteiger charge is 2.09. The summed E-state index contributed by atoms with van der Waals surface area (Å²) < 4.78 is 27.0. The maximum Gasteiger partial charge on any atom is 0.146 e. The molecule has 0 aliphatic heterocycles. The van der Waals surface area contributed by atoms with E-state index in [0.29, 0.717) is 16.4 Å². The van der Waals surface area contributed by atoms with Crippen LogP contribution in [0.1, 0.15) is 12.5 Å². The van der Waals surface area contributed by atoms with Crippen LogP contribution in [0.3, 0.4) is 0 Å². The molecule has 0 aliphatic rings. The van der Waals surface area contributed by atoms with Crippen LogP contribution >= 0.6 is 11.6 Å². The Labute approximate surface area is 139 Å². The van der Waals surface area contributed by atoms with Gasteiger partial charge in [-0.1, -0.05) is 11.6 Å². The minimum atomic E-state index is -0.534. The molecule has 0 amide bonds. The van der Waals surface area contributed by atoms with E-state index < -0.39 is 11.6 Å². The van der Waals surface area contributed by atoms with Crippen molar-refractivity contribution >= 4 is 35.0 Å². The molecule has 0 bridgehead atoms. The van der Waals surface area contributed by atoms with E-state index in [1.165, 1.54) is 0 Å². The Kier molecular flexibility index (Phi) is 5.55. The molecule has 0 radical (unpaired) electrons. The van der Waals surface area contributed by atoms with E-state index in [-0.39, 0.29) is 5.69 Å². The molecule has 2 aromatic rings. The van der Waals surface area contributed by atoms with Gasteiger partial charge in [-0.2, -0.15) is 0 Å². The Balaban J connectivity index is 2.29. The summed E-state index contributed by atoms with van der Waals surface area (Å²) in [6.07, 6.45) is 1.69. The maximum atomic E-state index is 13.7. The fourth-order valence-corrected chi connectivity index (χ4v) is 2.09. The van der Waals surface area contributed by atoms with Gasteiger partial charge in [-0.15, -0.1) is 0 Å². The summed E-state index contributed by atoms with van der Waals surface area (Å²) in [7, 11) is 1.91.